The first kappa shape index (κ1) is 14.4. The summed E-state index contributed by atoms with van der Waals surface area (Å²) in [6, 6.07) is 1.39. The van der Waals surface area contributed by atoms with Gasteiger partial charge in [-0.2, -0.15) is 5.10 Å². The molecule has 0 atom stereocenters. The Morgan fingerprint density at radius 1 is 1.30 bits per heavy atom. The average molecular weight is 297 g/mol. The van der Waals surface area contributed by atoms with Crippen molar-refractivity contribution in [3.05, 3.63) is 29.3 Å². The predicted octanol–water partition coefficient (Wildman–Crippen LogP) is 0.120. The van der Waals surface area contributed by atoms with Gasteiger partial charge in [0.25, 0.3) is 16.0 Å². The van der Waals surface area contributed by atoms with Crippen molar-refractivity contribution < 1.29 is 13.5 Å². The van der Waals surface area contributed by atoms with Crippen molar-refractivity contribution in [2.24, 2.45) is 7.05 Å². The van der Waals surface area contributed by atoms with Crippen molar-refractivity contribution in [1.82, 2.24) is 19.7 Å². The van der Waals surface area contributed by atoms with Gasteiger partial charge in [-0.05, 0) is 19.9 Å². The smallest absolute Gasteiger partial charge is 0.265 e. The van der Waals surface area contributed by atoms with Gasteiger partial charge in [0.1, 0.15) is 4.90 Å². The molecule has 2 heterocycles. The lowest BCUT2D eigenvalue weighted by Crippen LogP contribution is -2.16. The van der Waals surface area contributed by atoms with E-state index in [1.807, 2.05) is 0 Å². The summed E-state index contributed by atoms with van der Waals surface area (Å²) in [6.07, 6.45) is 1.41. The van der Waals surface area contributed by atoms with Crippen LogP contribution in [0, 0.1) is 13.8 Å². The number of nitrogens with zero attached hydrogens (tertiary/aromatic N) is 4. The van der Waals surface area contributed by atoms with Crippen LogP contribution in [0.5, 0.6) is 0 Å². The van der Waals surface area contributed by atoms with E-state index in [1.54, 1.807) is 20.9 Å². The van der Waals surface area contributed by atoms with Crippen molar-refractivity contribution >= 4 is 16.0 Å². The van der Waals surface area contributed by atoms with Crippen molar-refractivity contribution in [3.63, 3.8) is 0 Å². The van der Waals surface area contributed by atoms with Gasteiger partial charge in [-0.15, -0.1) is 5.10 Å². The van der Waals surface area contributed by atoms with Gasteiger partial charge >= 0.3 is 0 Å². The molecule has 0 aromatic carbocycles. The van der Waals surface area contributed by atoms with Crippen molar-refractivity contribution in [2.75, 3.05) is 4.72 Å². The zero-order valence-electron chi connectivity index (χ0n) is 11.3. The average Bonchev–Trinajstić information content (AvgIpc) is 2.76. The fourth-order valence-electron chi connectivity index (χ4n) is 1.56. The molecule has 0 spiro atoms. The van der Waals surface area contributed by atoms with E-state index in [9.17, 15) is 8.42 Å². The van der Waals surface area contributed by atoms with Crippen LogP contribution in [0.3, 0.4) is 0 Å². The maximum Gasteiger partial charge on any atom is 0.265 e. The Morgan fingerprint density at radius 3 is 2.55 bits per heavy atom. The zero-order chi connectivity index (χ0) is 14.9. The van der Waals surface area contributed by atoms with Gasteiger partial charge in [0.15, 0.2) is 0 Å². The Hall–Kier alpha value is -2.00. The van der Waals surface area contributed by atoms with Crippen molar-refractivity contribution in [3.8, 4) is 0 Å². The summed E-state index contributed by atoms with van der Waals surface area (Å²) in [5.74, 6) is -0.0810. The molecule has 0 saturated heterocycles. The standard InChI is InChI=1S/C11H15N5O3S/c1-7-8(2)13-14-11(12-7)15-20(18,19)10-4-9(6-17)16(3)5-10/h4-5,17H,6H2,1-3H3,(H,12,14,15). The highest BCUT2D eigenvalue weighted by Gasteiger charge is 2.19. The zero-order valence-corrected chi connectivity index (χ0v) is 12.1. The molecule has 2 aromatic heterocycles. The monoisotopic (exact) mass is 297 g/mol. The summed E-state index contributed by atoms with van der Waals surface area (Å²) in [5, 5.41) is 16.6. The molecule has 0 aliphatic heterocycles. The van der Waals surface area contributed by atoms with Gasteiger partial charge in [-0.3, -0.25) is 0 Å². The molecule has 20 heavy (non-hydrogen) atoms. The Labute approximate surface area is 116 Å². The Balaban J connectivity index is 2.32. The van der Waals surface area contributed by atoms with Crippen LogP contribution in [-0.4, -0.2) is 33.3 Å². The summed E-state index contributed by atoms with van der Waals surface area (Å²) in [6.45, 7) is 3.21. The molecular formula is C11H15N5O3S. The molecule has 2 aromatic rings. The van der Waals surface area contributed by atoms with Crippen LogP contribution in [0.25, 0.3) is 0 Å². The molecule has 2 N–H and O–H groups in total. The molecule has 0 radical (unpaired) electrons. The van der Waals surface area contributed by atoms with E-state index in [-0.39, 0.29) is 17.5 Å². The second-order valence-corrected chi connectivity index (χ2v) is 6.03. The largest absolute Gasteiger partial charge is 0.390 e. The van der Waals surface area contributed by atoms with Crippen LogP contribution in [0.1, 0.15) is 17.1 Å². The fraction of sp³-hybridized carbons (Fsp3) is 0.364. The normalized spacial score (nSPS) is 11.6. The van der Waals surface area contributed by atoms with Crippen LogP contribution in [0.15, 0.2) is 17.2 Å². The maximum atomic E-state index is 12.2. The molecule has 0 bridgehead atoms. The first-order valence-corrected chi connectivity index (χ1v) is 7.28. The number of nitrogens with one attached hydrogen (secondary N) is 1. The molecule has 8 nitrogen and oxygen atoms in total. The van der Waals surface area contributed by atoms with E-state index >= 15 is 0 Å². The van der Waals surface area contributed by atoms with Gasteiger partial charge in [0.05, 0.1) is 18.0 Å². The molecule has 0 aliphatic carbocycles. The first-order chi connectivity index (χ1) is 9.33. The summed E-state index contributed by atoms with van der Waals surface area (Å²) < 4.78 is 28.1. The van der Waals surface area contributed by atoms with E-state index in [0.29, 0.717) is 17.1 Å². The minimum atomic E-state index is -3.80. The van der Waals surface area contributed by atoms with Gasteiger partial charge in [0.2, 0.25) is 0 Å². The number of anilines is 1. The molecule has 2 rings (SSSR count). The quantitative estimate of drug-likeness (QED) is 0.829. The lowest BCUT2D eigenvalue weighted by molar-refractivity contribution is 0.272. The number of aryl methyl sites for hydroxylation is 3. The van der Waals surface area contributed by atoms with Crippen LogP contribution >= 0.6 is 0 Å². The molecule has 9 heteroatoms. The predicted molar refractivity (Wildman–Crippen MR) is 71.4 cm³/mol. The minimum absolute atomic E-state index is 0.0332. The number of hydrogen-bond acceptors (Lipinski definition) is 6. The highest BCUT2D eigenvalue weighted by atomic mass is 32.2. The fourth-order valence-corrected chi connectivity index (χ4v) is 2.59. The molecule has 0 saturated carbocycles. The van der Waals surface area contributed by atoms with E-state index in [2.05, 4.69) is 19.9 Å². The van der Waals surface area contributed by atoms with E-state index < -0.39 is 10.0 Å². The highest BCUT2D eigenvalue weighted by Crippen LogP contribution is 2.16. The van der Waals surface area contributed by atoms with Crippen LogP contribution in [0.2, 0.25) is 0 Å². The third-order valence-electron chi connectivity index (χ3n) is 2.87. The third kappa shape index (κ3) is 2.78. The number of rotatable bonds is 4. The number of aliphatic hydroxyl groups excluding tert-OH is 1. The molecule has 0 unspecified atom stereocenters. The maximum absolute atomic E-state index is 12.2. The third-order valence-corrected chi connectivity index (χ3v) is 4.17. The summed E-state index contributed by atoms with van der Waals surface area (Å²) in [5.41, 5.74) is 1.72. The summed E-state index contributed by atoms with van der Waals surface area (Å²) in [4.78, 5) is 4.05. The molecule has 0 fully saturated rings. The van der Waals surface area contributed by atoms with Crippen molar-refractivity contribution in [1.29, 1.82) is 0 Å². The Bertz CT molecular complexity index is 739. The number of sulfonamides is 1. The van der Waals surface area contributed by atoms with Crippen LogP contribution in [0.4, 0.5) is 5.95 Å². The molecule has 0 aliphatic rings. The minimum Gasteiger partial charge on any atom is -0.390 e. The summed E-state index contributed by atoms with van der Waals surface area (Å²) >= 11 is 0. The lowest BCUT2D eigenvalue weighted by atomic mass is 10.4. The van der Waals surface area contributed by atoms with E-state index in [4.69, 9.17) is 5.11 Å². The van der Waals surface area contributed by atoms with Gasteiger partial charge < -0.3 is 9.67 Å². The van der Waals surface area contributed by atoms with Gasteiger partial charge in [-0.1, -0.05) is 0 Å². The topological polar surface area (TPSA) is 110 Å². The summed E-state index contributed by atoms with van der Waals surface area (Å²) in [7, 11) is -2.15. The molecule has 0 amide bonds. The SMILES string of the molecule is Cc1nnc(NS(=O)(=O)c2cc(CO)n(C)c2)nc1C. The molecule has 108 valence electrons. The van der Waals surface area contributed by atoms with Crippen LogP contribution < -0.4 is 4.72 Å². The van der Waals surface area contributed by atoms with Gasteiger partial charge in [-0.25, -0.2) is 18.1 Å². The number of hydrogen-bond donors (Lipinski definition) is 2. The second kappa shape index (κ2) is 5.17. The first-order valence-electron chi connectivity index (χ1n) is 5.80. The van der Waals surface area contributed by atoms with E-state index in [0.717, 1.165) is 0 Å². The second-order valence-electron chi connectivity index (χ2n) is 4.35. The van der Waals surface area contributed by atoms with Gasteiger partial charge in [0, 0.05) is 18.9 Å². The molecular weight excluding hydrogens is 282 g/mol. The van der Waals surface area contributed by atoms with E-state index in [1.165, 1.54) is 16.8 Å². The number of aliphatic hydroxyl groups is 1. The van der Waals surface area contributed by atoms with Crippen molar-refractivity contribution in [2.45, 2.75) is 25.3 Å². The Kier molecular flexibility index (Phi) is 3.73. The lowest BCUT2D eigenvalue weighted by Gasteiger charge is -2.05. The number of aromatic nitrogens is 4. The van der Waals surface area contributed by atoms with Crippen LogP contribution in [-0.2, 0) is 23.7 Å². The Morgan fingerprint density at radius 2 is 2.00 bits per heavy atom. The highest BCUT2D eigenvalue weighted by molar-refractivity contribution is 7.92.